The lowest BCUT2D eigenvalue weighted by molar-refractivity contribution is -0.00164. The van der Waals surface area contributed by atoms with Crippen molar-refractivity contribution in [3.63, 3.8) is 0 Å². The Hall–Kier alpha value is -3.12. The van der Waals surface area contributed by atoms with Crippen molar-refractivity contribution in [3.8, 4) is 22.6 Å². The van der Waals surface area contributed by atoms with Gasteiger partial charge in [-0.25, -0.2) is 9.10 Å². The van der Waals surface area contributed by atoms with Gasteiger partial charge in [-0.05, 0) is 37.1 Å². The Bertz CT molecular complexity index is 1010. The first kappa shape index (κ1) is 22.6. The number of thiol groups is 1. The van der Waals surface area contributed by atoms with Crippen LogP contribution < -0.4 is 19.5 Å². The third kappa shape index (κ3) is 6.18. The average molecular weight is 437 g/mol. The lowest BCUT2D eigenvalue weighted by atomic mass is 10.0. The summed E-state index contributed by atoms with van der Waals surface area (Å²) in [6.07, 6.45) is 2.22. The summed E-state index contributed by atoms with van der Waals surface area (Å²) in [6, 6.07) is 22.7. The molecule has 0 radical (unpaired) electrons. The lowest BCUT2D eigenvalue weighted by Crippen LogP contribution is -2.27. The van der Waals surface area contributed by atoms with E-state index in [-0.39, 0.29) is 0 Å². The summed E-state index contributed by atoms with van der Waals surface area (Å²) in [6.45, 7) is 4.20. The second-order valence-electron chi connectivity index (χ2n) is 7.32. The average Bonchev–Trinajstić information content (AvgIpc) is 2.78. The second-order valence-corrected chi connectivity index (χ2v) is 7.72. The van der Waals surface area contributed by atoms with Crippen LogP contribution in [0.1, 0.15) is 31.7 Å². The van der Waals surface area contributed by atoms with Gasteiger partial charge in [-0.3, -0.25) is 0 Å². The van der Waals surface area contributed by atoms with E-state index in [0.717, 1.165) is 40.4 Å². The van der Waals surface area contributed by atoms with Gasteiger partial charge >= 0.3 is 6.03 Å². The Morgan fingerprint density at radius 1 is 1.03 bits per heavy atom. The van der Waals surface area contributed by atoms with Crippen molar-refractivity contribution in [2.24, 2.45) is 5.73 Å². The molecule has 0 saturated heterocycles. The molecule has 31 heavy (non-hydrogen) atoms. The van der Waals surface area contributed by atoms with Gasteiger partial charge in [0.15, 0.2) is 0 Å². The number of rotatable bonds is 9. The number of nitrogens with zero attached hydrogens (tertiary/aromatic N) is 1. The second kappa shape index (κ2) is 10.8. The zero-order chi connectivity index (χ0) is 22.2. The van der Waals surface area contributed by atoms with Crippen LogP contribution in [0.3, 0.4) is 0 Å². The molecular weight excluding hydrogens is 408 g/mol. The van der Waals surface area contributed by atoms with E-state index in [0.29, 0.717) is 11.4 Å². The van der Waals surface area contributed by atoms with Gasteiger partial charge in [0.05, 0.1) is 5.69 Å². The molecule has 0 bridgehead atoms. The van der Waals surface area contributed by atoms with E-state index in [1.165, 1.54) is 5.56 Å². The number of carbonyl (C=O) groups is 1. The quantitative estimate of drug-likeness (QED) is 0.303. The Labute approximate surface area is 189 Å². The zero-order valence-corrected chi connectivity index (χ0v) is 18.7. The monoisotopic (exact) mass is 436 g/mol. The molecule has 3 aromatic carbocycles. The van der Waals surface area contributed by atoms with Crippen LogP contribution in [-0.4, -0.2) is 12.3 Å². The van der Waals surface area contributed by atoms with Crippen LogP contribution in [0.25, 0.3) is 11.1 Å². The number of urea groups is 1. The maximum Gasteiger partial charge on any atom is 0.329 e. The maximum absolute atomic E-state index is 11.4. The van der Waals surface area contributed by atoms with Gasteiger partial charge in [0.25, 0.3) is 0 Å². The number of hydrogen-bond donors (Lipinski definition) is 2. The number of aryl methyl sites for hydroxylation is 1. The number of nitrogens with two attached hydrogens (primary N) is 1. The number of carbonyl (C=O) groups excluding carboxylic acids is 1. The zero-order valence-electron chi connectivity index (χ0n) is 17.8. The molecule has 3 rings (SSSR count). The smallest absolute Gasteiger partial charge is 0.329 e. The molecule has 162 valence electrons. The highest BCUT2D eigenvalue weighted by Crippen LogP contribution is 2.32. The van der Waals surface area contributed by atoms with E-state index in [9.17, 15) is 4.79 Å². The number of anilines is 1. The van der Waals surface area contributed by atoms with Gasteiger partial charge in [-0.1, -0.05) is 80.3 Å². The fourth-order valence-corrected chi connectivity index (χ4v) is 3.29. The number of benzene rings is 3. The van der Waals surface area contributed by atoms with Crippen LogP contribution in [0.5, 0.6) is 11.5 Å². The van der Waals surface area contributed by atoms with Crippen molar-refractivity contribution in [3.05, 3.63) is 78.4 Å². The van der Waals surface area contributed by atoms with Gasteiger partial charge in [0.1, 0.15) is 11.5 Å². The fourth-order valence-electron chi connectivity index (χ4n) is 3.16. The molecule has 2 amide bonds. The van der Waals surface area contributed by atoms with Crippen molar-refractivity contribution >= 4 is 24.5 Å². The number of unbranched alkanes of at least 4 members (excludes halogenated alkanes) is 1. The van der Waals surface area contributed by atoms with Crippen LogP contribution >= 0.6 is 12.8 Å². The fraction of sp³-hybridized carbons (Fsp3) is 0.240. The minimum Gasteiger partial charge on any atom is -0.455 e. The molecule has 0 heterocycles. The highest BCUT2D eigenvalue weighted by Gasteiger charge is 2.16. The van der Waals surface area contributed by atoms with Crippen molar-refractivity contribution < 1.29 is 14.3 Å². The molecule has 0 aliphatic rings. The third-order valence-corrected chi connectivity index (χ3v) is 5.27. The molecule has 0 aliphatic carbocycles. The minimum atomic E-state index is -0.661. The summed E-state index contributed by atoms with van der Waals surface area (Å²) in [4.78, 5) is 11.4. The standard InChI is InChI=1S/C25H28N2O3S/c1-3-4-12-24(29-21-9-7-8-20(17-21)27(31)25(26)28)30-23-11-6-5-10-22(23)19-15-13-18(2)14-16-19/h5-11,13-17,24,31H,3-4,12H2,1-2H3,(H2,26,28). The summed E-state index contributed by atoms with van der Waals surface area (Å²) >= 11 is 4.12. The molecule has 0 aromatic heterocycles. The Morgan fingerprint density at radius 2 is 1.77 bits per heavy atom. The normalized spacial score (nSPS) is 11.6. The first-order valence-electron chi connectivity index (χ1n) is 10.4. The van der Waals surface area contributed by atoms with Crippen LogP contribution in [0.15, 0.2) is 72.8 Å². The Kier molecular flexibility index (Phi) is 7.84. The summed E-state index contributed by atoms with van der Waals surface area (Å²) in [7, 11) is 0. The van der Waals surface area contributed by atoms with E-state index in [2.05, 4.69) is 50.9 Å². The van der Waals surface area contributed by atoms with Gasteiger partial charge in [0.2, 0.25) is 6.29 Å². The van der Waals surface area contributed by atoms with Crippen molar-refractivity contribution in [1.29, 1.82) is 0 Å². The molecule has 0 aliphatic heterocycles. The van der Waals surface area contributed by atoms with Crippen molar-refractivity contribution in [1.82, 2.24) is 0 Å². The Morgan fingerprint density at radius 3 is 2.48 bits per heavy atom. The predicted octanol–water partition coefficient (Wildman–Crippen LogP) is 6.37. The summed E-state index contributed by atoms with van der Waals surface area (Å²) < 4.78 is 13.6. The molecule has 3 aromatic rings. The van der Waals surface area contributed by atoms with E-state index in [1.807, 2.05) is 30.3 Å². The highest BCUT2D eigenvalue weighted by molar-refractivity contribution is 7.82. The lowest BCUT2D eigenvalue weighted by Gasteiger charge is -2.23. The van der Waals surface area contributed by atoms with E-state index < -0.39 is 12.3 Å². The van der Waals surface area contributed by atoms with Crippen LogP contribution in [0, 0.1) is 6.92 Å². The molecule has 2 N–H and O–H groups in total. The van der Waals surface area contributed by atoms with Gasteiger partial charge in [0, 0.05) is 18.1 Å². The minimum absolute atomic E-state index is 0.483. The first-order chi connectivity index (χ1) is 15.0. The number of amides is 2. The van der Waals surface area contributed by atoms with Gasteiger partial charge < -0.3 is 15.2 Å². The van der Waals surface area contributed by atoms with Crippen LogP contribution in [-0.2, 0) is 0 Å². The topological polar surface area (TPSA) is 64.8 Å². The maximum atomic E-state index is 11.4. The molecular formula is C25H28N2O3S. The van der Waals surface area contributed by atoms with Crippen molar-refractivity contribution in [2.45, 2.75) is 39.4 Å². The van der Waals surface area contributed by atoms with Crippen LogP contribution in [0.2, 0.25) is 0 Å². The predicted molar refractivity (Wildman–Crippen MR) is 129 cm³/mol. The summed E-state index contributed by atoms with van der Waals surface area (Å²) in [5.74, 6) is 1.34. The highest BCUT2D eigenvalue weighted by atomic mass is 32.1. The molecule has 5 nitrogen and oxygen atoms in total. The van der Waals surface area contributed by atoms with Crippen LogP contribution in [0.4, 0.5) is 10.5 Å². The van der Waals surface area contributed by atoms with Crippen molar-refractivity contribution in [2.75, 3.05) is 4.31 Å². The molecule has 0 fully saturated rings. The summed E-state index contributed by atoms with van der Waals surface area (Å²) in [5, 5.41) is 0. The molecule has 1 atom stereocenters. The SMILES string of the molecule is CCCCC(Oc1cccc(N(S)C(N)=O)c1)Oc1ccccc1-c1ccc(C)cc1. The van der Waals surface area contributed by atoms with Gasteiger partial charge in [-0.15, -0.1) is 0 Å². The van der Waals surface area contributed by atoms with E-state index >= 15 is 0 Å². The number of primary amides is 1. The molecule has 0 spiro atoms. The number of hydrogen-bond acceptors (Lipinski definition) is 4. The molecule has 1 unspecified atom stereocenters. The van der Waals surface area contributed by atoms with E-state index in [1.54, 1.807) is 18.2 Å². The molecule has 6 heteroatoms. The van der Waals surface area contributed by atoms with Gasteiger partial charge in [-0.2, -0.15) is 0 Å². The Balaban J connectivity index is 1.84. The number of para-hydroxylation sites is 1. The largest absolute Gasteiger partial charge is 0.455 e. The molecule has 0 saturated carbocycles. The van der Waals surface area contributed by atoms with E-state index in [4.69, 9.17) is 15.2 Å². The first-order valence-corrected chi connectivity index (χ1v) is 10.8. The summed E-state index contributed by atoms with van der Waals surface area (Å²) in [5.41, 5.74) is 9.15. The third-order valence-electron chi connectivity index (χ3n) is 4.84. The number of ether oxygens (including phenoxy) is 2.